The summed E-state index contributed by atoms with van der Waals surface area (Å²) in [5.41, 5.74) is 1.69. The zero-order chi connectivity index (χ0) is 18.8. The number of halogens is 1. The lowest BCUT2D eigenvalue weighted by Gasteiger charge is -2.34. The summed E-state index contributed by atoms with van der Waals surface area (Å²) in [5, 5.41) is 1.47. The van der Waals surface area contributed by atoms with Crippen molar-refractivity contribution in [3.63, 3.8) is 0 Å². The molecule has 1 aliphatic heterocycles. The number of amides is 1. The van der Waals surface area contributed by atoms with Gasteiger partial charge in [-0.15, -0.1) is 11.3 Å². The first kappa shape index (κ1) is 17.9. The fourth-order valence-corrected chi connectivity index (χ4v) is 4.27. The van der Waals surface area contributed by atoms with Gasteiger partial charge in [0, 0.05) is 49.2 Å². The van der Waals surface area contributed by atoms with Crippen LogP contribution >= 0.6 is 22.9 Å². The van der Waals surface area contributed by atoms with E-state index in [4.69, 9.17) is 11.6 Å². The Balaban J connectivity index is 1.48. The molecule has 1 fully saturated rings. The van der Waals surface area contributed by atoms with Crippen molar-refractivity contribution in [3.8, 4) is 10.6 Å². The van der Waals surface area contributed by atoms with Gasteiger partial charge in [-0.2, -0.15) is 0 Å². The first-order valence-corrected chi connectivity index (χ1v) is 9.86. The van der Waals surface area contributed by atoms with Crippen molar-refractivity contribution in [3.05, 3.63) is 58.3 Å². The number of thiazole rings is 1. The molecule has 1 aliphatic rings. The smallest absolute Gasteiger partial charge is 0.265 e. The van der Waals surface area contributed by atoms with Crippen LogP contribution in [-0.2, 0) is 0 Å². The first-order valence-electron chi connectivity index (χ1n) is 8.66. The number of aryl methyl sites for hydroxylation is 1. The summed E-state index contributed by atoms with van der Waals surface area (Å²) in [7, 11) is 0. The Bertz CT molecular complexity index is 954. The van der Waals surface area contributed by atoms with E-state index in [1.165, 1.54) is 11.3 Å². The number of nitrogens with zero attached hydrogens (tertiary/aromatic N) is 5. The monoisotopic (exact) mass is 399 g/mol. The van der Waals surface area contributed by atoms with Crippen LogP contribution in [0.4, 0.5) is 5.95 Å². The van der Waals surface area contributed by atoms with Crippen LogP contribution in [0.3, 0.4) is 0 Å². The normalized spacial score (nSPS) is 14.4. The van der Waals surface area contributed by atoms with E-state index in [2.05, 4.69) is 19.9 Å². The third-order valence-electron chi connectivity index (χ3n) is 4.46. The molecule has 4 rings (SSSR count). The average Bonchev–Trinajstić information content (AvgIpc) is 3.10. The zero-order valence-electron chi connectivity index (χ0n) is 14.8. The number of carbonyl (C=O) groups is 1. The fourth-order valence-electron chi connectivity index (χ4n) is 3.05. The fraction of sp³-hybridized carbons (Fsp3) is 0.263. The number of piperazine rings is 1. The van der Waals surface area contributed by atoms with Gasteiger partial charge in [-0.05, 0) is 25.1 Å². The second-order valence-electron chi connectivity index (χ2n) is 6.27. The standard InChI is InChI=1S/C19H18ClN5OS/c1-13-16(27-17(23-13)14-4-2-5-15(20)12-14)18(26)24-8-10-25(11-9-24)19-21-6-3-7-22-19/h2-7,12H,8-11H2,1H3. The van der Waals surface area contributed by atoms with E-state index in [1.807, 2.05) is 36.1 Å². The minimum Gasteiger partial charge on any atom is -0.337 e. The van der Waals surface area contributed by atoms with E-state index in [-0.39, 0.29) is 5.91 Å². The van der Waals surface area contributed by atoms with Crippen LogP contribution in [0.25, 0.3) is 10.6 Å². The summed E-state index contributed by atoms with van der Waals surface area (Å²) in [4.78, 5) is 30.8. The Kier molecular flexibility index (Phi) is 5.05. The van der Waals surface area contributed by atoms with Gasteiger partial charge in [0.15, 0.2) is 0 Å². The van der Waals surface area contributed by atoms with Crippen LogP contribution in [0.15, 0.2) is 42.7 Å². The maximum atomic E-state index is 13.0. The van der Waals surface area contributed by atoms with Crippen molar-refractivity contribution in [1.82, 2.24) is 19.9 Å². The summed E-state index contributed by atoms with van der Waals surface area (Å²) in [6.45, 7) is 4.59. The summed E-state index contributed by atoms with van der Waals surface area (Å²) in [6, 6.07) is 9.34. The Morgan fingerprint density at radius 1 is 1.11 bits per heavy atom. The van der Waals surface area contributed by atoms with Crippen molar-refractivity contribution >= 4 is 34.8 Å². The summed E-state index contributed by atoms with van der Waals surface area (Å²) >= 11 is 7.50. The predicted octanol–water partition coefficient (Wildman–Crippen LogP) is 3.52. The van der Waals surface area contributed by atoms with Gasteiger partial charge in [-0.1, -0.05) is 23.7 Å². The molecule has 0 atom stereocenters. The van der Waals surface area contributed by atoms with Gasteiger partial charge < -0.3 is 9.80 Å². The molecule has 0 unspecified atom stereocenters. The molecule has 8 heteroatoms. The highest BCUT2D eigenvalue weighted by atomic mass is 35.5. The van der Waals surface area contributed by atoms with Crippen LogP contribution in [0.5, 0.6) is 0 Å². The highest BCUT2D eigenvalue weighted by molar-refractivity contribution is 7.17. The zero-order valence-corrected chi connectivity index (χ0v) is 16.4. The lowest BCUT2D eigenvalue weighted by atomic mass is 10.2. The Hall–Kier alpha value is -2.51. The minimum atomic E-state index is 0.0342. The molecule has 1 aromatic carbocycles. The van der Waals surface area contributed by atoms with Gasteiger partial charge in [0.25, 0.3) is 5.91 Å². The number of aromatic nitrogens is 3. The van der Waals surface area contributed by atoms with Gasteiger partial charge in [-0.25, -0.2) is 15.0 Å². The third kappa shape index (κ3) is 3.79. The number of hydrogen-bond donors (Lipinski definition) is 0. The van der Waals surface area contributed by atoms with Crippen LogP contribution in [0.2, 0.25) is 5.02 Å². The maximum absolute atomic E-state index is 13.0. The Morgan fingerprint density at radius 2 is 1.85 bits per heavy atom. The van der Waals surface area contributed by atoms with Crippen molar-refractivity contribution in [1.29, 1.82) is 0 Å². The van der Waals surface area contributed by atoms with Gasteiger partial charge in [0.1, 0.15) is 9.88 Å². The average molecular weight is 400 g/mol. The van der Waals surface area contributed by atoms with Gasteiger partial charge >= 0.3 is 0 Å². The van der Waals surface area contributed by atoms with Gasteiger partial charge in [0.05, 0.1) is 5.69 Å². The number of rotatable bonds is 3. The summed E-state index contributed by atoms with van der Waals surface area (Å²) in [6.07, 6.45) is 3.47. The molecule has 1 amide bonds. The highest BCUT2D eigenvalue weighted by Crippen LogP contribution is 2.30. The molecule has 27 heavy (non-hydrogen) atoms. The van der Waals surface area contributed by atoms with Crippen LogP contribution in [0, 0.1) is 6.92 Å². The van der Waals surface area contributed by atoms with Crippen molar-refractivity contribution in [2.75, 3.05) is 31.1 Å². The molecule has 6 nitrogen and oxygen atoms in total. The number of carbonyl (C=O) groups excluding carboxylic acids is 1. The molecule has 3 aromatic rings. The van der Waals surface area contributed by atoms with Crippen LogP contribution in [0.1, 0.15) is 15.4 Å². The van der Waals surface area contributed by atoms with E-state index in [1.54, 1.807) is 18.5 Å². The molecule has 0 N–H and O–H groups in total. The highest BCUT2D eigenvalue weighted by Gasteiger charge is 2.26. The molecular weight excluding hydrogens is 382 g/mol. The summed E-state index contributed by atoms with van der Waals surface area (Å²) in [5.74, 6) is 0.744. The molecule has 0 saturated carbocycles. The molecule has 3 heterocycles. The lowest BCUT2D eigenvalue weighted by Crippen LogP contribution is -2.49. The molecule has 0 spiro atoms. The molecular formula is C19H18ClN5OS. The molecule has 1 saturated heterocycles. The lowest BCUT2D eigenvalue weighted by molar-refractivity contribution is 0.0750. The second-order valence-corrected chi connectivity index (χ2v) is 7.71. The quantitative estimate of drug-likeness (QED) is 0.674. The minimum absolute atomic E-state index is 0.0342. The van der Waals surface area contributed by atoms with Crippen molar-refractivity contribution in [2.24, 2.45) is 0 Å². The van der Waals surface area contributed by atoms with E-state index in [9.17, 15) is 4.79 Å². The maximum Gasteiger partial charge on any atom is 0.265 e. The topological polar surface area (TPSA) is 62.2 Å². The SMILES string of the molecule is Cc1nc(-c2cccc(Cl)c2)sc1C(=O)N1CCN(c2ncccn2)CC1. The number of benzene rings is 1. The summed E-state index contributed by atoms with van der Waals surface area (Å²) < 4.78 is 0. The van der Waals surface area contributed by atoms with Crippen molar-refractivity contribution in [2.45, 2.75) is 6.92 Å². The van der Waals surface area contributed by atoms with E-state index >= 15 is 0 Å². The van der Waals surface area contributed by atoms with Crippen LogP contribution < -0.4 is 4.90 Å². The molecule has 0 bridgehead atoms. The third-order valence-corrected chi connectivity index (χ3v) is 5.89. The molecule has 138 valence electrons. The first-order chi connectivity index (χ1) is 13.1. The molecule has 0 radical (unpaired) electrons. The number of hydrogen-bond acceptors (Lipinski definition) is 6. The van der Waals surface area contributed by atoms with Gasteiger partial charge in [-0.3, -0.25) is 4.79 Å². The largest absolute Gasteiger partial charge is 0.337 e. The predicted molar refractivity (Wildman–Crippen MR) is 107 cm³/mol. The van der Waals surface area contributed by atoms with Crippen LogP contribution in [-0.4, -0.2) is 51.9 Å². The molecule has 0 aliphatic carbocycles. The van der Waals surface area contributed by atoms with Crippen molar-refractivity contribution < 1.29 is 4.79 Å². The van der Waals surface area contributed by atoms with E-state index in [0.717, 1.165) is 29.4 Å². The molecule has 2 aromatic heterocycles. The Labute approximate surface area is 166 Å². The second kappa shape index (κ2) is 7.62. The van der Waals surface area contributed by atoms with Gasteiger partial charge in [0.2, 0.25) is 5.95 Å². The van der Waals surface area contributed by atoms with E-state index < -0.39 is 0 Å². The number of anilines is 1. The Morgan fingerprint density at radius 3 is 2.56 bits per heavy atom. The van der Waals surface area contributed by atoms with E-state index in [0.29, 0.717) is 28.9 Å².